The zero-order valence-electron chi connectivity index (χ0n) is 8.62. The lowest BCUT2D eigenvalue weighted by atomic mass is 9.78. The molecule has 1 aliphatic rings. The van der Waals surface area contributed by atoms with Gasteiger partial charge >= 0.3 is 0 Å². The van der Waals surface area contributed by atoms with Gasteiger partial charge in [-0.15, -0.1) is 0 Å². The minimum Gasteiger partial charge on any atom is -0.0814 e. The molecule has 1 aliphatic carbocycles. The van der Waals surface area contributed by atoms with Gasteiger partial charge in [-0.2, -0.15) is 0 Å². The van der Waals surface area contributed by atoms with E-state index >= 15 is 0 Å². The van der Waals surface area contributed by atoms with Gasteiger partial charge < -0.3 is 0 Å². The van der Waals surface area contributed by atoms with Crippen LogP contribution in [0.3, 0.4) is 0 Å². The molecule has 0 aromatic rings. The minimum atomic E-state index is 0.715. The Morgan fingerprint density at radius 3 is 2.17 bits per heavy atom. The second kappa shape index (κ2) is 3.93. The maximum Gasteiger partial charge on any atom is -0.0176 e. The Hall–Kier alpha value is -0.520. The fourth-order valence-corrected chi connectivity index (χ4v) is 1.96. The fourth-order valence-electron chi connectivity index (χ4n) is 1.96. The van der Waals surface area contributed by atoms with E-state index in [0.29, 0.717) is 5.92 Å². The topological polar surface area (TPSA) is 0 Å². The lowest BCUT2D eigenvalue weighted by Gasteiger charge is -2.26. The van der Waals surface area contributed by atoms with Gasteiger partial charge in [0.05, 0.1) is 0 Å². The standard InChI is InChI=1S/C12H20/c1-9(2)12-8-6-5-7-10(3)11(12)4/h5-12H,1-4H3. The van der Waals surface area contributed by atoms with Crippen molar-refractivity contribution in [2.45, 2.75) is 27.7 Å². The Bertz CT molecular complexity index is 186. The van der Waals surface area contributed by atoms with Crippen LogP contribution in [-0.4, -0.2) is 0 Å². The molecule has 0 aromatic heterocycles. The Labute approximate surface area is 76.4 Å². The van der Waals surface area contributed by atoms with Crippen molar-refractivity contribution in [2.75, 3.05) is 0 Å². The maximum absolute atomic E-state index is 2.36. The summed E-state index contributed by atoms with van der Waals surface area (Å²) in [4.78, 5) is 0. The molecular weight excluding hydrogens is 144 g/mol. The molecule has 3 unspecified atom stereocenters. The molecular formula is C12H20. The summed E-state index contributed by atoms with van der Waals surface area (Å²) in [5, 5.41) is 0. The van der Waals surface area contributed by atoms with Gasteiger partial charge in [0.15, 0.2) is 0 Å². The van der Waals surface area contributed by atoms with Crippen LogP contribution in [-0.2, 0) is 0 Å². The third kappa shape index (κ3) is 2.00. The predicted molar refractivity (Wildman–Crippen MR) is 54.9 cm³/mol. The molecule has 0 saturated carbocycles. The van der Waals surface area contributed by atoms with Crippen LogP contribution in [0.2, 0.25) is 0 Å². The first kappa shape index (κ1) is 9.57. The van der Waals surface area contributed by atoms with Gasteiger partial charge in [-0.05, 0) is 23.7 Å². The molecule has 0 heterocycles. The van der Waals surface area contributed by atoms with Crippen LogP contribution < -0.4 is 0 Å². The van der Waals surface area contributed by atoms with Gasteiger partial charge in [-0.1, -0.05) is 52.0 Å². The predicted octanol–water partition coefficient (Wildman–Crippen LogP) is 3.66. The Morgan fingerprint density at radius 2 is 1.58 bits per heavy atom. The molecule has 0 radical (unpaired) electrons. The van der Waals surface area contributed by atoms with Crippen molar-refractivity contribution < 1.29 is 0 Å². The average molecular weight is 164 g/mol. The van der Waals surface area contributed by atoms with Gasteiger partial charge in [0, 0.05) is 0 Å². The number of hydrogen-bond acceptors (Lipinski definition) is 0. The summed E-state index contributed by atoms with van der Waals surface area (Å²) in [6.07, 6.45) is 9.05. The van der Waals surface area contributed by atoms with Crippen LogP contribution in [0.25, 0.3) is 0 Å². The largest absolute Gasteiger partial charge is 0.0814 e. The Kier molecular flexibility index (Phi) is 3.13. The van der Waals surface area contributed by atoms with E-state index < -0.39 is 0 Å². The Balaban J connectivity index is 2.75. The molecule has 0 spiro atoms. The van der Waals surface area contributed by atoms with Gasteiger partial charge in [0.2, 0.25) is 0 Å². The lowest BCUT2D eigenvalue weighted by Crippen LogP contribution is -2.19. The zero-order chi connectivity index (χ0) is 9.14. The summed E-state index contributed by atoms with van der Waals surface area (Å²) in [6.45, 7) is 9.28. The van der Waals surface area contributed by atoms with Crippen molar-refractivity contribution in [1.82, 2.24) is 0 Å². The Morgan fingerprint density at radius 1 is 1.00 bits per heavy atom. The zero-order valence-corrected chi connectivity index (χ0v) is 8.62. The van der Waals surface area contributed by atoms with Crippen molar-refractivity contribution in [3.63, 3.8) is 0 Å². The summed E-state index contributed by atoms with van der Waals surface area (Å²) in [6, 6.07) is 0. The highest BCUT2D eigenvalue weighted by Crippen LogP contribution is 2.30. The summed E-state index contributed by atoms with van der Waals surface area (Å²) < 4.78 is 0. The van der Waals surface area contributed by atoms with E-state index in [-0.39, 0.29) is 0 Å². The lowest BCUT2D eigenvalue weighted by molar-refractivity contribution is 0.284. The van der Waals surface area contributed by atoms with Gasteiger partial charge in [-0.3, -0.25) is 0 Å². The van der Waals surface area contributed by atoms with Crippen LogP contribution in [0.15, 0.2) is 24.3 Å². The summed E-state index contributed by atoms with van der Waals surface area (Å²) in [5.41, 5.74) is 0. The molecule has 12 heavy (non-hydrogen) atoms. The van der Waals surface area contributed by atoms with E-state index in [1.165, 1.54) is 0 Å². The molecule has 68 valence electrons. The molecule has 0 aromatic carbocycles. The van der Waals surface area contributed by atoms with E-state index in [9.17, 15) is 0 Å². The summed E-state index contributed by atoms with van der Waals surface area (Å²) in [7, 11) is 0. The third-order valence-electron chi connectivity index (χ3n) is 3.07. The van der Waals surface area contributed by atoms with Crippen LogP contribution >= 0.6 is 0 Å². The summed E-state index contributed by atoms with van der Waals surface area (Å²) >= 11 is 0. The smallest absolute Gasteiger partial charge is 0.0176 e. The highest BCUT2D eigenvalue weighted by Gasteiger charge is 2.22. The van der Waals surface area contributed by atoms with E-state index in [1.54, 1.807) is 0 Å². The van der Waals surface area contributed by atoms with Crippen molar-refractivity contribution in [1.29, 1.82) is 0 Å². The van der Waals surface area contributed by atoms with E-state index in [0.717, 1.165) is 17.8 Å². The number of hydrogen-bond donors (Lipinski definition) is 0. The van der Waals surface area contributed by atoms with Crippen LogP contribution in [0, 0.1) is 23.7 Å². The maximum atomic E-state index is 2.36. The van der Waals surface area contributed by atoms with E-state index in [2.05, 4.69) is 52.0 Å². The molecule has 0 aliphatic heterocycles. The highest BCUT2D eigenvalue weighted by atomic mass is 14.3. The first-order valence-electron chi connectivity index (χ1n) is 4.98. The molecule has 0 fully saturated rings. The van der Waals surface area contributed by atoms with Crippen molar-refractivity contribution >= 4 is 0 Å². The molecule has 0 N–H and O–H groups in total. The van der Waals surface area contributed by atoms with E-state index in [4.69, 9.17) is 0 Å². The molecule has 0 saturated heterocycles. The second-order valence-corrected chi connectivity index (χ2v) is 4.31. The fraction of sp³-hybridized carbons (Fsp3) is 0.667. The van der Waals surface area contributed by atoms with E-state index in [1.807, 2.05) is 0 Å². The van der Waals surface area contributed by atoms with Crippen molar-refractivity contribution in [3.05, 3.63) is 24.3 Å². The van der Waals surface area contributed by atoms with Gasteiger partial charge in [-0.25, -0.2) is 0 Å². The van der Waals surface area contributed by atoms with Crippen LogP contribution in [0.5, 0.6) is 0 Å². The molecule has 0 bridgehead atoms. The normalized spacial score (nSPS) is 35.6. The molecule has 3 atom stereocenters. The highest BCUT2D eigenvalue weighted by molar-refractivity contribution is 5.11. The third-order valence-corrected chi connectivity index (χ3v) is 3.07. The monoisotopic (exact) mass is 164 g/mol. The number of allylic oxidation sites excluding steroid dienone is 4. The van der Waals surface area contributed by atoms with Crippen LogP contribution in [0.4, 0.5) is 0 Å². The minimum absolute atomic E-state index is 0.715. The first-order valence-corrected chi connectivity index (χ1v) is 4.98. The molecule has 0 amide bonds. The SMILES string of the molecule is CC(C)C1C=CC=CC(C)C1C. The number of rotatable bonds is 1. The average Bonchev–Trinajstić information content (AvgIpc) is 2.15. The quantitative estimate of drug-likeness (QED) is 0.555. The molecule has 1 rings (SSSR count). The first-order chi connectivity index (χ1) is 5.63. The van der Waals surface area contributed by atoms with Gasteiger partial charge in [0.1, 0.15) is 0 Å². The second-order valence-electron chi connectivity index (χ2n) is 4.31. The van der Waals surface area contributed by atoms with Gasteiger partial charge in [0.25, 0.3) is 0 Å². The van der Waals surface area contributed by atoms with Crippen LogP contribution in [0.1, 0.15) is 27.7 Å². The van der Waals surface area contributed by atoms with Crippen molar-refractivity contribution in [3.8, 4) is 0 Å². The van der Waals surface area contributed by atoms with Crippen molar-refractivity contribution in [2.24, 2.45) is 23.7 Å². The summed E-state index contributed by atoms with van der Waals surface area (Å²) in [5.74, 6) is 3.00. The molecule has 0 nitrogen and oxygen atoms in total. The molecule has 0 heteroatoms.